The summed E-state index contributed by atoms with van der Waals surface area (Å²) in [6, 6.07) is 0. The molecule has 0 saturated carbocycles. The van der Waals surface area contributed by atoms with Gasteiger partial charge in [-0.05, 0) is 6.42 Å². The van der Waals surface area contributed by atoms with Crippen molar-refractivity contribution in [1.82, 2.24) is 19.9 Å². The first-order valence-electron chi connectivity index (χ1n) is 4.59. The number of aromatic nitrogens is 3. The van der Waals surface area contributed by atoms with E-state index in [0.717, 1.165) is 32.6 Å². The lowest BCUT2D eigenvalue weighted by Crippen LogP contribution is -2.26. The highest BCUT2D eigenvalue weighted by atomic mass is 16.3. The standard InChI is InChI=1S/C8H14N4O/c13-8-1-4-11(7-8)5-6-12-9-2-3-10-12/h2-3,8,13H,1,4-7H2. The molecule has 1 saturated heterocycles. The molecule has 2 rings (SSSR count). The van der Waals surface area contributed by atoms with Crippen LogP contribution in [-0.2, 0) is 6.54 Å². The molecule has 0 aromatic carbocycles. The minimum Gasteiger partial charge on any atom is -0.392 e. The van der Waals surface area contributed by atoms with Crippen LogP contribution in [0.2, 0.25) is 0 Å². The van der Waals surface area contributed by atoms with Crippen LogP contribution in [0.4, 0.5) is 0 Å². The average Bonchev–Trinajstić information content (AvgIpc) is 2.71. The summed E-state index contributed by atoms with van der Waals surface area (Å²) in [7, 11) is 0. The van der Waals surface area contributed by atoms with E-state index >= 15 is 0 Å². The molecule has 1 aromatic heterocycles. The summed E-state index contributed by atoms with van der Waals surface area (Å²) < 4.78 is 0. The average molecular weight is 182 g/mol. The Morgan fingerprint density at radius 2 is 2.08 bits per heavy atom. The highest BCUT2D eigenvalue weighted by Crippen LogP contribution is 2.07. The number of nitrogens with zero attached hydrogens (tertiary/aromatic N) is 4. The zero-order chi connectivity index (χ0) is 9.10. The molecular weight excluding hydrogens is 168 g/mol. The molecule has 0 amide bonds. The van der Waals surface area contributed by atoms with Gasteiger partial charge in [-0.3, -0.25) is 4.90 Å². The molecule has 2 heterocycles. The van der Waals surface area contributed by atoms with Gasteiger partial charge in [0.1, 0.15) is 0 Å². The molecule has 1 aliphatic heterocycles. The maximum absolute atomic E-state index is 9.28. The van der Waals surface area contributed by atoms with Crippen molar-refractivity contribution in [2.45, 2.75) is 19.1 Å². The highest BCUT2D eigenvalue weighted by Gasteiger charge is 2.19. The van der Waals surface area contributed by atoms with Crippen LogP contribution in [0.15, 0.2) is 12.4 Å². The zero-order valence-electron chi connectivity index (χ0n) is 7.50. The second-order valence-electron chi connectivity index (χ2n) is 3.37. The van der Waals surface area contributed by atoms with E-state index in [-0.39, 0.29) is 6.10 Å². The Labute approximate surface area is 77.0 Å². The van der Waals surface area contributed by atoms with Gasteiger partial charge < -0.3 is 5.11 Å². The summed E-state index contributed by atoms with van der Waals surface area (Å²) in [6.45, 7) is 3.51. The van der Waals surface area contributed by atoms with E-state index in [2.05, 4.69) is 15.1 Å². The zero-order valence-corrected chi connectivity index (χ0v) is 7.50. The molecule has 5 heteroatoms. The van der Waals surface area contributed by atoms with E-state index in [4.69, 9.17) is 0 Å². The van der Waals surface area contributed by atoms with Gasteiger partial charge in [0.15, 0.2) is 0 Å². The third kappa shape index (κ3) is 2.26. The Morgan fingerprint density at radius 3 is 2.69 bits per heavy atom. The van der Waals surface area contributed by atoms with E-state index in [0.29, 0.717) is 0 Å². The first-order valence-corrected chi connectivity index (χ1v) is 4.59. The lowest BCUT2D eigenvalue weighted by atomic mass is 10.3. The van der Waals surface area contributed by atoms with Gasteiger partial charge in [0.2, 0.25) is 0 Å². The molecule has 0 bridgehead atoms. The maximum atomic E-state index is 9.28. The Morgan fingerprint density at radius 1 is 1.31 bits per heavy atom. The topological polar surface area (TPSA) is 54.2 Å². The van der Waals surface area contributed by atoms with Gasteiger partial charge >= 0.3 is 0 Å². The minimum absolute atomic E-state index is 0.134. The molecule has 1 atom stereocenters. The number of hydrogen-bond donors (Lipinski definition) is 1. The number of β-amino-alcohol motifs (C(OH)–C–C–N with tert-alkyl or cyclic N) is 1. The smallest absolute Gasteiger partial charge is 0.0734 e. The summed E-state index contributed by atoms with van der Waals surface area (Å²) in [4.78, 5) is 3.90. The number of likely N-dealkylation sites (tertiary alicyclic amines) is 1. The van der Waals surface area contributed by atoms with Gasteiger partial charge in [-0.25, -0.2) is 0 Å². The Balaban J connectivity index is 1.74. The summed E-state index contributed by atoms with van der Waals surface area (Å²) in [5, 5.41) is 17.3. The summed E-state index contributed by atoms with van der Waals surface area (Å²) in [5.74, 6) is 0. The third-order valence-corrected chi connectivity index (χ3v) is 2.33. The molecule has 1 aromatic rings. The maximum Gasteiger partial charge on any atom is 0.0734 e. The molecule has 1 aliphatic rings. The van der Waals surface area contributed by atoms with Crippen molar-refractivity contribution in [2.75, 3.05) is 19.6 Å². The van der Waals surface area contributed by atoms with Gasteiger partial charge in [-0.1, -0.05) is 0 Å². The van der Waals surface area contributed by atoms with E-state index in [1.54, 1.807) is 17.2 Å². The number of aliphatic hydroxyl groups is 1. The van der Waals surface area contributed by atoms with Crippen molar-refractivity contribution >= 4 is 0 Å². The summed E-state index contributed by atoms with van der Waals surface area (Å²) >= 11 is 0. The Hall–Kier alpha value is -0.940. The normalized spacial score (nSPS) is 23.9. The fourth-order valence-electron chi connectivity index (χ4n) is 1.60. The van der Waals surface area contributed by atoms with Crippen LogP contribution >= 0.6 is 0 Å². The number of aliphatic hydroxyl groups excluding tert-OH is 1. The Kier molecular flexibility index (Phi) is 2.56. The van der Waals surface area contributed by atoms with Crippen molar-refractivity contribution in [2.24, 2.45) is 0 Å². The monoisotopic (exact) mass is 182 g/mol. The SMILES string of the molecule is OC1CCN(CCn2nccn2)C1. The predicted molar refractivity (Wildman–Crippen MR) is 47.1 cm³/mol. The van der Waals surface area contributed by atoms with Crippen molar-refractivity contribution in [3.05, 3.63) is 12.4 Å². The van der Waals surface area contributed by atoms with Crippen molar-refractivity contribution in [3.8, 4) is 0 Å². The van der Waals surface area contributed by atoms with Crippen LogP contribution in [0.25, 0.3) is 0 Å². The van der Waals surface area contributed by atoms with Crippen LogP contribution < -0.4 is 0 Å². The van der Waals surface area contributed by atoms with E-state index in [1.165, 1.54) is 0 Å². The molecule has 1 fully saturated rings. The van der Waals surface area contributed by atoms with Crippen LogP contribution in [-0.4, -0.2) is 50.7 Å². The second-order valence-corrected chi connectivity index (χ2v) is 3.37. The molecular formula is C8H14N4O. The van der Waals surface area contributed by atoms with Crippen molar-refractivity contribution < 1.29 is 5.11 Å². The van der Waals surface area contributed by atoms with Gasteiger partial charge in [-0.15, -0.1) is 0 Å². The van der Waals surface area contributed by atoms with E-state index in [9.17, 15) is 5.11 Å². The summed E-state index contributed by atoms with van der Waals surface area (Å²) in [5.41, 5.74) is 0. The summed E-state index contributed by atoms with van der Waals surface area (Å²) in [6.07, 6.45) is 4.12. The molecule has 1 N–H and O–H groups in total. The molecule has 1 unspecified atom stereocenters. The number of rotatable bonds is 3. The fraction of sp³-hybridized carbons (Fsp3) is 0.750. The van der Waals surface area contributed by atoms with Gasteiger partial charge in [0.25, 0.3) is 0 Å². The van der Waals surface area contributed by atoms with Crippen LogP contribution in [0, 0.1) is 0 Å². The first-order chi connectivity index (χ1) is 6.34. The highest BCUT2D eigenvalue weighted by molar-refractivity contribution is 4.73. The quantitative estimate of drug-likeness (QED) is 0.674. The van der Waals surface area contributed by atoms with E-state index in [1.807, 2.05) is 0 Å². The van der Waals surface area contributed by atoms with Crippen molar-refractivity contribution in [3.63, 3.8) is 0 Å². The van der Waals surface area contributed by atoms with Gasteiger partial charge in [-0.2, -0.15) is 15.0 Å². The first kappa shape index (κ1) is 8.65. The van der Waals surface area contributed by atoms with Gasteiger partial charge in [0, 0.05) is 19.6 Å². The van der Waals surface area contributed by atoms with Crippen LogP contribution in [0.5, 0.6) is 0 Å². The lowest BCUT2D eigenvalue weighted by Gasteiger charge is -2.13. The lowest BCUT2D eigenvalue weighted by molar-refractivity contribution is 0.174. The molecule has 0 radical (unpaired) electrons. The van der Waals surface area contributed by atoms with E-state index < -0.39 is 0 Å². The molecule has 72 valence electrons. The Bertz CT molecular complexity index is 249. The number of hydrogen-bond acceptors (Lipinski definition) is 4. The molecule has 5 nitrogen and oxygen atoms in total. The third-order valence-electron chi connectivity index (χ3n) is 2.33. The predicted octanol–water partition coefficient (Wildman–Crippen LogP) is -0.655. The molecule has 13 heavy (non-hydrogen) atoms. The largest absolute Gasteiger partial charge is 0.392 e. The molecule has 0 spiro atoms. The second kappa shape index (κ2) is 3.85. The fourth-order valence-corrected chi connectivity index (χ4v) is 1.60. The van der Waals surface area contributed by atoms with Gasteiger partial charge in [0.05, 0.1) is 25.0 Å². The molecule has 0 aliphatic carbocycles. The minimum atomic E-state index is -0.134. The van der Waals surface area contributed by atoms with Crippen LogP contribution in [0.3, 0.4) is 0 Å². The van der Waals surface area contributed by atoms with Crippen molar-refractivity contribution in [1.29, 1.82) is 0 Å². The van der Waals surface area contributed by atoms with Crippen LogP contribution in [0.1, 0.15) is 6.42 Å².